The highest BCUT2D eigenvalue weighted by Crippen LogP contribution is 2.38. The summed E-state index contributed by atoms with van der Waals surface area (Å²) in [6.45, 7) is 4.40. The van der Waals surface area contributed by atoms with Crippen molar-refractivity contribution >= 4 is 23.2 Å². The molecule has 3 aromatic rings. The number of benzene rings is 3. The number of carbonyl (C=O) groups excluding carboxylic acids is 2. The molecule has 2 aliphatic rings. The number of anilines is 2. The van der Waals surface area contributed by atoms with Crippen LogP contribution in [0.4, 0.5) is 11.4 Å². The molecule has 0 unspecified atom stereocenters. The van der Waals surface area contributed by atoms with E-state index in [9.17, 15) is 9.59 Å². The van der Waals surface area contributed by atoms with E-state index in [1.165, 1.54) is 19.3 Å². The monoisotopic (exact) mass is 454 g/mol. The van der Waals surface area contributed by atoms with E-state index in [1.54, 1.807) is 12.1 Å². The third-order valence-corrected chi connectivity index (χ3v) is 6.87. The second-order valence-corrected chi connectivity index (χ2v) is 9.00. The van der Waals surface area contributed by atoms with Crippen molar-refractivity contribution in [1.82, 2.24) is 10.2 Å². The van der Waals surface area contributed by atoms with Crippen LogP contribution in [-0.2, 0) is 6.54 Å². The Morgan fingerprint density at radius 2 is 1.68 bits per heavy atom. The SMILES string of the molecule is NC(=O)c1ccc(N(CCN2CCCCC2)c2ccc(-c3ccccc3)c3c2C(=O)NC3)cc1. The number of rotatable bonds is 7. The number of hydrogen-bond acceptors (Lipinski definition) is 4. The Hall–Kier alpha value is -3.64. The number of fused-ring (bicyclic) bond motifs is 1. The minimum absolute atomic E-state index is 0.0421. The molecule has 34 heavy (non-hydrogen) atoms. The van der Waals surface area contributed by atoms with Gasteiger partial charge >= 0.3 is 0 Å². The van der Waals surface area contributed by atoms with E-state index in [-0.39, 0.29) is 5.91 Å². The quantitative estimate of drug-likeness (QED) is 0.557. The van der Waals surface area contributed by atoms with Gasteiger partial charge in [0.25, 0.3) is 5.91 Å². The van der Waals surface area contributed by atoms with Gasteiger partial charge in [-0.1, -0.05) is 42.8 Å². The molecule has 174 valence electrons. The van der Waals surface area contributed by atoms with Crippen LogP contribution < -0.4 is 16.0 Å². The van der Waals surface area contributed by atoms with Crippen LogP contribution in [-0.4, -0.2) is 42.9 Å². The molecular weight excluding hydrogens is 424 g/mol. The number of amides is 2. The van der Waals surface area contributed by atoms with Gasteiger partial charge in [0.15, 0.2) is 0 Å². The minimum atomic E-state index is -0.445. The predicted octanol–water partition coefficient (Wildman–Crippen LogP) is 4.32. The lowest BCUT2D eigenvalue weighted by Crippen LogP contribution is -2.36. The van der Waals surface area contributed by atoms with E-state index in [0.717, 1.165) is 59.8 Å². The average molecular weight is 455 g/mol. The van der Waals surface area contributed by atoms with Gasteiger partial charge in [0, 0.05) is 30.9 Å². The van der Waals surface area contributed by atoms with E-state index in [2.05, 4.69) is 39.4 Å². The molecule has 0 spiro atoms. The third-order valence-electron chi connectivity index (χ3n) is 6.87. The summed E-state index contributed by atoms with van der Waals surface area (Å²) >= 11 is 0. The predicted molar refractivity (Wildman–Crippen MR) is 135 cm³/mol. The highest BCUT2D eigenvalue weighted by molar-refractivity contribution is 6.06. The molecule has 6 heteroatoms. The van der Waals surface area contributed by atoms with Crippen LogP contribution in [0.2, 0.25) is 0 Å². The lowest BCUT2D eigenvalue weighted by atomic mass is 9.95. The average Bonchev–Trinajstić information content (AvgIpc) is 3.27. The Bertz CT molecular complexity index is 1190. The number of piperidine rings is 1. The molecular formula is C28H30N4O2. The number of nitrogens with zero attached hydrogens (tertiary/aromatic N) is 2. The van der Waals surface area contributed by atoms with Crippen molar-refractivity contribution in [1.29, 1.82) is 0 Å². The van der Waals surface area contributed by atoms with Gasteiger partial charge in [-0.2, -0.15) is 0 Å². The highest BCUT2D eigenvalue weighted by Gasteiger charge is 2.29. The van der Waals surface area contributed by atoms with Crippen LogP contribution in [0.25, 0.3) is 11.1 Å². The van der Waals surface area contributed by atoms with Crippen LogP contribution in [0.5, 0.6) is 0 Å². The van der Waals surface area contributed by atoms with Gasteiger partial charge in [-0.3, -0.25) is 9.59 Å². The maximum absolute atomic E-state index is 13.0. The Morgan fingerprint density at radius 3 is 2.38 bits per heavy atom. The van der Waals surface area contributed by atoms with E-state index in [0.29, 0.717) is 12.1 Å². The van der Waals surface area contributed by atoms with Gasteiger partial charge in [-0.15, -0.1) is 0 Å². The number of hydrogen-bond donors (Lipinski definition) is 2. The molecule has 0 aliphatic carbocycles. The summed E-state index contributed by atoms with van der Waals surface area (Å²) < 4.78 is 0. The first-order chi connectivity index (χ1) is 16.6. The molecule has 0 aromatic heterocycles. The van der Waals surface area contributed by atoms with Gasteiger partial charge in [-0.25, -0.2) is 0 Å². The van der Waals surface area contributed by atoms with Gasteiger partial charge in [0.2, 0.25) is 5.91 Å². The van der Waals surface area contributed by atoms with Gasteiger partial charge in [-0.05, 0) is 73.0 Å². The first-order valence-corrected chi connectivity index (χ1v) is 12.0. The second-order valence-electron chi connectivity index (χ2n) is 9.00. The molecule has 1 saturated heterocycles. The van der Waals surface area contributed by atoms with E-state index in [1.807, 2.05) is 30.3 Å². The van der Waals surface area contributed by atoms with Crippen molar-refractivity contribution in [3.63, 3.8) is 0 Å². The Balaban J connectivity index is 1.55. The molecule has 2 heterocycles. The molecule has 0 radical (unpaired) electrons. The fourth-order valence-electron chi connectivity index (χ4n) is 5.06. The number of primary amides is 1. The summed E-state index contributed by atoms with van der Waals surface area (Å²) in [5.74, 6) is -0.488. The van der Waals surface area contributed by atoms with Gasteiger partial charge in [0.1, 0.15) is 0 Å². The Labute approximate surface area is 200 Å². The van der Waals surface area contributed by atoms with E-state index in [4.69, 9.17) is 5.73 Å². The number of nitrogens with two attached hydrogens (primary N) is 1. The largest absolute Gasteiger partial charge is 0.366 e. The van der Waals surface area contributed by atoms with Crippen LogP contribution in [0.15, 0.2) is 66.7 Å². The Kier molecular flexibility index (Phi) is 6.32. The first-order valence-electron chi connectivity index (χ1n) is 12.0. The Morgan fingerprint density at radius 1 is 0.941 bits per heavy atom. The summed E-state index contributed by atoms with van der Waals surface area (Å²) in [4.78, 5) is 29.3. The highest BCUT2D eigenvalue weighted by atomic mass is 16.2. The van der Waals surface area contributed by atoms with E-state index >= 15 is 0 Å². The number of nitrogens with one attached hydrogen (secondary N) is 1. The molecule has 0 bridgehead atoms. The van der Waals surface area contributed by atoms with E-state index < -0.39 is 5.91 Å². The fraction of sp³-hybridized carbons (Fsp3) is 0.286. The molecule has 1 fully saturated rings. The summed E-state index contributed by atoms with van der Waals surface area (Å²) in [7, 11) is 0. The molecule has 2 aliphatic heterocycles. The van der Waals surface area contributed by atoms with Crippen LogP contribution >= 0.6 is 0 Å². The molecule has 5 rings (SSSR count). The summed E-state index contributed by atoms with van der Waals surface area (Å²) in [6, 6.07) is 21.7. The zero-order chi connectivity index (χ0) is 23.5. The molecule has 2 amide bonds. The smallest absolute Gasteiger partial charge is 0.254 e. The van der Waals surface area contributed by atoms with Crippen molar-refractivity contribution < 1.29 is 9.59 Å². The van der Waals surface area contributed by atoms with Crippen molar-refractivity contribution in [2.75, 3.05) is 31.1 Å². The van der Waals surface area contributed by atoms with Crippen molar-refractivity contribution in [3.8, 4) is 11.1 Å². The molecule has 0 atom stereocenters. The van der Waals surface area contributed by atoms with Crippen molar-refractivity contribution in [2.24, 2.45) is 5.73 Å². The van der Waals surface area contributed by atoms with Crippen LogP contribution in [0.3, 0.4) is 0 Å². The van der Waals surface area contributed by atoms with Crippen molar-refractivity contribution in [2.45, 2.75) is 25.8 Å². The summed E-state index contributed by atoms with van der Waals surface area (Å²) in [5.41, 5.74) is 11.7. The first kappa shape index (κ1) is 22.2. The van der Waals surface area contributed by atoms with Crippen molar-refractivity contribution in [3.05, 3.63) is 83.4 Å². The summed E-state index contributed by atoms with van der Waals surface area (Å²) in [6.07, 6.45) is 3.76. The second kappa shape index (κ2) is 9.69. The zero-order valence-corrected chi connectivity index (χ0v) is 19.3. The maximum atomic E-state index is 13.0. The fourth-order valence-corrected chi connectivity index (χ4v) is 5.06. The summed E-state index contributed by atoms with van der Waals surface area (Å²) in [5, 5.41) is 3.03. The molecule has 3 aromatic carbocycles. The maximum Gasteiger partial charge on any atom is 0.254 e. The molecule has 0 saturated carbocycles. The topological polar surface area (TPSA) is 78.7 Å². The van der Waals surface area contributed by atoms with Crippen LogP contribution in [0.1, 0.15) is 45.5 Å². The normalized spacial score (nSPS) is 15.6. The number of likely N-dealkylation sites (tertiary alicyclic amines) is 1. The van der Waals surface area contributed by atoms with Gasteiger partial charge in [0.05, 0.1) is 11.3 Å². The third kappa shape index (κ3) is 4.41. The zero-order valence-electron chi connectivity index (χ0n) is 19.3. The van der Waals surface area contributed by atoms with Gasteiger partial charge < -0.3 is 20.9 Å². The number of carbonyl (C=O) groups is 2. The lowest BCUT2D eigenvalue weighted by molar-refractivity contribution is 0.0964. The molecule has 6 nitrogen and oxygen atoms in total. The van der Waals surface area contributed by atoms with Crippen LogP contribution in [0, 0.1) is 0 Å². The standard InChI is InChI=1S/C28H30N4O2/c29-27(33)21-9-11-22(12-10-21)32(18-17-31-15-5-2-6-16-31)25-14-13-23(20-7-3-1-4-8-20)24-19-30-28(34)26(24)25/h1,3-4,7-14H,2,5-6,15-19H2,(H2,29,33)(H,30,34). The minimum Gasteiger partial charge on any atom is -0.366 e. The molecule has 3 N–H and O–H groups in total. The lowest BCUT2D eigenvalue weighted by Gasteiger charge is -2.32.